The summed E-state index contributed by atoms with van der Waals surface area (Å²) in [5.74, 6) is 2.05. The summed E-state index contributed by atoms with van der Waals surface area (Å²) in [5, 5.41) is 2.84. The standard InChI is InChI=1S/C23H25NO5S/c1-16-5-4-6-20(13-16)30(26)15-19-9-10-21(29-19)23(25)24-12-11-17-7-8-18(27-2)14-22(17)28-3/h4-10,13-14H,11-12,15H2,1-3H3,(H,24,25)/t30-/m0/s1. The second-order valence-electron chi connectivity index (χ2n) is 6.76. The molecule has 3 rings (SSSR count). The molecular weight excluding hydrogens is 402 g/mol. The molecule has 0 saturated carbocycles. The van der Waals surface area contributed by atoms with Gasteiger partial charge in [0.25, 0.3) is 5.91 Å². The van der Waals surface area contributed by atoms with Crippen molar-refractivity contribution in [3.05, 3.63) is 77.2 Å². The van der Waals surface area contributed by atoms with Gasteiger partial charge >= 0.3 is 0 Å². The lowest BCUT2D eigenvalue weighted by Gasteiger charge is -2.10. The molecule has 0 radical (unpaired) electrons. The average Bonchev–Trinajstić information content (AvgIpc) is 3.22. The predicted octanol–water partition coefficient (Wildman–Crippen LogP) is 3.89. The highest BCUT2D eigenvalue weighted by molar-refractivity contribution is 7.84. The Morgan fingerprint density at radius 3 is 2.63 bits per heavy atom. The molecule has 3 aromatic rings. The summed E-state index contributed by atoms with van der Waals surface area (Å²) in [7, 11) is 1.97. The molecule has 1 amide bonds. The Kier molecular flexibility index (Phi) is 7.30. The number of methoxy groups -OCH3 is 2. The third-order valence-corrected chi connectivity index (χ3v) is 5.91. The van der Waals surface area contributed by atoms with Crippen LogP contribution in [0.25, 0.3) is 0 Å². The van der Waals surface area contributed by atoms with Crippen LogP contribution in [0.2, 0.25) is 0 Å². The van der Waals surface area contributed by atoms with E-state index in [0.29, 0.717) is 30.2 Å². The molecule has 1 aromatic heterocycles. The molecule has 158 valence electrons. The van der Waals surface area contributed by atoms with Gasteiger partial charge in [-0.05, 0) is 54.8 Å². The van der Waals surface area contributed by atoms with Crippen LogP contribution in [-0.4, -0.2) is 30.9 Å². The molecule has 1 N–H and O–H groups in total. The van der Waals surface area contributed by atoms with Crippen LogP contribution in [0.4, 0.5) is 0 Å². The van der Waals surface area contributed by atoms with E-state index in [0.717, 1.165) is 16.0 Å². The number of ether oxygens (including phenoxy) is 2. The van der Waals surface area contributed by atoms with E-state index in [4.69, 9.17) is 13.9 Å². The third kappa shape index (κ3) is 5.51. The maximum absolute atomic E-state index is 12.5. The smallest absolute Gasteiger partial charge is 0.287 e. The lowest BCUT2D eigenvalue weighted by Crippen LogP contribution is -2.25. The number of amides is 1. The van der Waals surface area contributed by atoms with E-state index >= 15 is 0 Å². The quantitative estimate of drug-likeness (QED) is 0.561. The van der Waals surface area contributed by atoms with Crippen molar-refractivity contribution in [1.82, 2.24) is 5.32 Å². The summed E-state index contributed by atoms with van der Waals surface area (Å²) >= 11 is 0. The Bertz CT molecular complexity index is 1040. The highest BCUT2D eigenvalue weighted by Crippen LogP contribution is 2.24. The van der Waals surface area contributed by atoms with Crippen molar-refractivity contribution in [2.24, 2.45) is 0 Å². The van der Waals surface area contributed by atoms with Gasteiger partial charge in [-0.25, -0.2) is 0 Å². The molecule has 7 heteroatoms. The Morgan fingerprint density at radius 1 is 1.07 bits per heavy atom. The van der Waals surface area contributed by atoms with Gasteiger partial charge in [0.2, 0.25) is 0 Å². The third-order valence-electron chi connectivity index (χ3n) is 4.59. The summed E-state index contributed by atoms with van der Waals surface area (Å²) in [6.07, 6.45) is 0.601. The maximum atomic E-state index is 12.5. The molecule has 0 aliphatic rings. The van der Waals surface area contributed by atoms with Crippen molar-refractivity contribution in [2.75, 3.05) is 20.8 Å². The molecule has 0 saturated heterocycles. The Labute approximate surface area is 178 Å². The van der Waals surface area contributed by atoms with Crippen LogP contribution in [0.5, 0.6) is 11.5 Å². The first-order valence-corrected chi connectivity index (χ1v) is 10.8. The zero-order valence-corrected chi connectivity index (χ0v) is 18.1. The highest BCUT2D eigenvalue weighted by Gasteiger charge is 2.14. The fraction of sp³-hybridized carbons (Fsp3) is 0.261. The second-order valence-corrected chi connectivity index (χ2v) is 8.21. The fourth-order valence-corrected chi connectivity index (χ4v) is 4.13. The lowest BCUT2D eigenvalue weighted by atomic mass is 10.1. The average molecular weight is 428 g/mol. The van der Waals surface area contributed by atoms with Gasteiger partial charge in [0, 0.05) is 17.5 Å². The first kappa shape index (κ1) is 21.6. The van der Waals surface area contributed by atoms with E-state index in [9.17, 15) is 9.00 Å². The minimum absolute atomic E-state index is 0.202. The molecule has 2 aromatic carbocycles. The summed E-state index contributed by atoms with van der Waals surface area (Å²) in [4.78, 5) is 13.1. The van der Waals surface area contributed by atoms with Crippen molar-refractivity contribution in [2.45, 2.75) is 24.0 Å². The molecule has 0 aliphatic heterocycles. The first-order chi connectivity index (χ1) is 14.5. The number of furan rings is 1. The normalized spacial score (nSPS) is 11.7. The molecule has 0 spiro atoms. The first-order valence-electron chi connectivity index (χ1n) is 9.53. The Balaban J connectivity index is 1.54. The minimum Gasteiger partial charge on any atom is -0.497 e. The number of aryl methyl sites for hydroxylation is 1. The van der Waals surface area contributed by atoms with Crippen molar-refractivity contribution in [3.8, 4) is 11.5 Å². The maximum Gasteiger partial charge on any atom is 0.287 e. The van der Waals surface area contributed by atoms with Gasteiger partial charge < -0.3 is 19.2 Å². The largest absolute Gasteiger partial charge is 0.497 e. The Morgan fingerprint density at radius 2 is 1.90 bits per heavy atom. The van der Waals surface area contributed by atoms with Crippen LogP contribution < -0.4 is 14.8 Å². The molecule has 0 aliphatic carbocycles. The van der Waals surface area contributed by atoms with Crippen molar-refractivity contribution in [1.29, 1.82) is 0 Å². The Hall–Kier alpha value is -3.06. The molecular formula is C23H25NO5S. The molecule has 0 fully saturated rings. The number of carbonyl (C=O) groups is 1. The summed E-state index contributed by atoms with van der Waals surface area (Å²) in [6.45, 7) is 2.38. The number of carbonyl (C=O) groups excluding carboxylic acids is 1. The van der Waals surface area contributed by atoms with E-state index in [-0.39, 0.29) is 17.4 Å². The topological polar surface area (TPSA) is 77.8 Å². The van der Waals surface area contributed by atoms with Crippen molar-refractivity contribution < 1.29 is 22.9 Å². The van der Waals surface area contributed by atoms with Crippen LogP contribution in [0, 0.1) is 6.92 Å². The van der Waals surface area contributed by atoms with Gasteiger partial charge in [-0.2, -0.15) is 0 Å². The second kappa shape index (κ2) is 10.1. The van der Waals surface area contributed by atoms with Gasteiger partial charge in [-0.15, -0.1) is 0 Å². The monoisotopic (exact) mass is 427 g/mol. The molecule has 1 atom stereocenters. The van der Waals surface area contributed by atoms with E-state index in [1.54, 1.807) is 26.4 Å². The number of nitrogens with one attached hydrogen (secondary N) is 1. The van der Waals surface area contributed by atoms with Gasteiger partial charge in [0.05, 0.1) is 30.8 Å². The molecule has 30 heavy (non-hydrogen) atoms. The highest BCUT2D eigenvalue weighted by atomic mass is 32.2. The van der Waals surface area contributed by atoms with E-state index in [1.165, 1.54) is 0 Å². The van der Waals surface area contributed by atoms with E-state index in [1.807, 2.05) is 49.4 Å². The minimum atomic E-state index is -1.23. The van der Waals surface area contributed by atoms with Crippen molar-refractivity contribution >= 4 is 16.7 Å². The molecule has 0 bridgehead atoms. The summed E-state index contributed by atoms with van der Waals surface area (Å²) < 4.78 is 28.7. The van der Waals surface area contributed by atoms with Gasteiger partial charge in [-0.1, -0.05) is 18.2 Å². The van der Waals surface area contributed by atoms with E-state index < -0.39 is 10.8 Å². The SMILES string of the molecule is COc1ccc(CCNC(=O)c2ccc(C[S@](=O)c3cccc(C)c3)o2)c(OC)c1. The fourth-order valence-electron chi connectivity index (χ4n) is 3.00. The summed E-state index contributed by atoms with van der Waals surface area (Å²) in [5.41, 5.74) is 2.01. The zero-order chi connectivity index (χ0) is 21.5. The number of hydrogen-bond acceptors (Lipinski definition) is 5. The lowest BCUT2D eigenvalue weighted by molar-refractivity contribution is 0.0925. The number of rotatable bonds is 9. The molecule has 0 unspecified atom stereocenters. The van der Waals surface area contributed by atoms with Gasteiger partial charge in [0.15, 0.2) is 5.76 Å². The van der Waals surface area contributed by atoms with Gasteiger partial charge in [-0.3, -0.25) is 9.00 Å². The van der Waals surface area contributed by atoms with Crippen LogP contribution in [0.1, 0.15) is 27.4 Å². The van der Waals surface area contributed by atoms with E-state index in [2.05, 4.69) is 5.32 Å². The predicted molar refractivity (Wildman–Crippen MR) is 116 cm³/mol. The number of hydrogen-bond donors (Lipinski definition) is 1. The summed E-state index contributed by atoms with van der Waals surface area (Å²) in [6, 6.07) is 16.4. The molecule has 1 heterocycles. The number of benzene rings is 2. The van der Waals surface area contributed by atoms with Gasteiger partial charge in [0.1, 0.15) is 17.3 Å². The van der Waals surface area contributed by atoms with Crippen LogP contribution in [0.3, 0.4) is 0 Å². The van der Waals surface area contributed by atoms with Crippen LogP contribution in [-0.2, 0) is 23.0 Å². The zero-order valence-electron chi connectivity index (χ0n) is 17.3. The molecule has 6 nitrogen and oxygen atoms in total. The van der Waals surface area contributed by atoms with Crippen molar-refractivity contribution in [3.63, 3.8) is 0 Å². The van der Waals surface area contributed by atoms with Crippen LogP contribution in [0.15, 0.2) is 63.9 Å². The van der Waals surface area contributed by atoms with Crippen LogP contribution >= 0.6 is 0 Å².